The summed E-state index contributed by atoms with van der Waals surface area (Å²) in [6.07, 6.45) is 0.340. The van der Waals surface area contributed by atoms with E-state index in [1.807, 2.05) is 0 Å². The predicted octanol–water partition coefficient (Wildman–Crippen LogP) is -0.0616. The van der Waals surface area contributed by atoms with Crippen molar-refractivity contribution in [3.8, 4) is 11.5 Å². The van der Waals surface area contributed by atoms with Crippen LogP contribution in [-0.2, 0) is 27.4 Å². The number of nitrogens with zero attached hydrogens (tertiary/aromatic N) is 4. The zero-order chi connectivity index (χ0) is 18.2. The van der Waals surface area contributed by atoms with Gasteiger partial charge in [0.2, 0.25) is 0 Å². The fraction of sp³-hybridized carbons (Fsp3) is 0.400. The van der Waals surface area contributed by atoms with Crippen LogP contribution in [0.3, 0.4) is 0 Å². The fourth-order valence-electron chi connectivity index (χ4n) is 2.00. The van der Waals surface area contributed by atoms with Gasteiger partial charge in [0.05, 0.1) is 14.2 Å². The molecule has 1 heterocycles. The lowest BCUT2D eigenvalue weighted by atomic mass is 10.2. The minimum atomic E-state index is -0.941. The number of amides is 1. The van der Waals surface area contributed by atoms with Crippen LogP contribution in [0.4, 0.5) is 0 Å². The zero-order valence-corrected chi connectivity index (χ0v) is 14.1. The van der Waals surface area contributed by atoms with Crippen molar-refractivity contribution in [2.45, 2.75) is 26.1 Å². The Morgan fingerprint density at radius 3 is 2.64 bits per heavy atom. The molecule has 25 heavy (non-hydrogen) atoms. The largest absolute Gasteiger partial charge is 0.493 e. The van der Waals surface area contributed by atoms with Crippen LogP contribution in [0.1, 0.15) is 12.5 Å². The van der Waals surface area contributed by atoms with Crippen LogP contribution >= 0.6 is 0 Å². The lowest BCUT2D eigenvalue weighted by molar-refractivity contribution is -0.155. The van der Waals surface area contributed by atoms with Gasteiger partial charge < -0.3 is 19.5 Å². The Balaban J connectivity index is 1.83. The molecule has 0 saturated heterocycles. The smallest absolute Gasteiger partial charge is 0.328 e. The summed E-state index contributed by atoms with van der Waals surface area (Å²) in [5, 5.41) is 13.0. The third-order valence-electron chi connectivity index (χ3n) is 3.27. The van der Waals surface area contributed by atoms with Crippen LogP contribution in [0.2, 0.25) is 0 Å². The Morgan fingerprint density at radius 1 is 1.24 bits per heavy atom. The Bertz CT molecular complexity index is 719. The molecule has 1 amide bonds. The topological polar surface area (TPSA) is 117 Å². The molecule has 1 aromatic carbocycles. The van der Waals surface area contributed by atoms with Crippen LogP contribution < -0.4 is 14.8 Å². The molecule has 134 valence electrons. The Hall–Kier alpha value is -3.17. The first kappa shape index (κ1) is 18.2. The van der Waals surface area contributed by atoms with Crippen molar-refractivity contribution in [2.75, 3.05) is 14.2 Å². The van der Waals surface area contributed by atoms with Gasteiger partial charge >= 0.3 is 5.97 Å². The number of carbonyl (C=O) groups excluding carboxylic acids is 2. The molecule has 2 rings (SSSR count). The maximum absolute atomic E-state index is 12.0. The number of benzene rings is 1. The summed E-state index contributed by atoms with van der Waals surface area (Å²) in [4.78, 5) is 23.7. The van der Waals surface area contributed by atoms with Crippen molar-refractivity contribution >= 4 is 11.9 Å². The molecular formula is C15H19N5O5. The second kappa shape index (κ2) is 8.62. The summed E-state index contributed by atoms with van der Waals surface area (Å²) >= 11 is 0. The Morgan fingerprint density at radius 2 is 2.00 bits per heavy atom. The molecule has 0 aliphatic heterocycles. The van der Waals surface area contributed by atoms with Gasteiger partial charge in [0.25, 0.3) is 5.91 Å². The number of rotatable bonds is 8. The molecule has 0 fully saturated rings. The van der Waals surface area contributed by atoms with Crippen molar-refractivity contribution in [2.24, 2.45) is 0 Å². The highest BCUT2D eigenvalue weighted by Crippen LogP contribution is 2.27. The zero-order valence-electron chi connectivity index (χ0n) is 14.1. The SMILES string of the molecule is COc1ccc(CNC(=O)[C@@H](C)OC(=O)Cn2cnnn2)cc1OC. The fourth-order valence-corrected chi connectivity index (χ4v) is 2.00. The summed E-state index contributed by atoms with van der Waals surface area (Å²) in [5.41, 5.74) is 0.818. The average molecular weight is 349 g/mol. The number of carbonyl (C=O) groups is 2. The first-order valence-electron chi connectivity index (χ1n) is 7.42. The third kappa shape index (κ3) is 5.16. The highest BCUT2D eigenvalue weighted by atomic mass is 16.5. The molecule has 2 aromatic rings. The number of nitrogens with one attached hydrogen (secondary N) is 1. The van der Waals surface area contributed by atoms with E-state index in [1.54, 1.807) is 25.3 Å². The predicted molar refractivity (Wildman–Crippen MR) is 84.8 cm³/mol. The number of hydrogen-bond acceptors (Lipinski definition) is 8. The van der Waals surface area contributed by atoms with Gasteiger partial charge in [0.1, 0.15) is 12.9 Å². The van der Waals surface area contributed by atoms with E-state index in [4.69, 9.17) is 14.2 Å². The van der Waals surface area contributed by atoms with Gasteiger partial charge in [-0.3, -0.25) is 9.59 Å². The Kier molecular flexibility index (Phi) is 6.26. The van der Waals surface area contributed by atoms with E-state index in [0.717, 1.165) is 5.56 Å². The van der Waals surface area contributed by atoms with E-state index in [0.29, 0.717) is 11.5 Å². The van der Waals surface area contributed by atoms with Crippen LogP contribution in [0.5, 0.6) is 11.5 Å². The van der Waals surface area contributed by atoms with Crippen LogP contribution in [-0.4, -0.2) is 52.4 Å². The van der Waals surface area contributed by atoms with Crippen LogP contribution in [0.15, 0.2) is 24.5 Å². The van der Waals surface area contributed by atoms with Gasteiger partial charge in [-0.1, -0.05) is 6.07 Å². The van der Waals surface area contributed by atoms with Crippen LogP contribution in [0.25, 0.3) is 0 Å². The van der Waals surface area contributed by atoms with Crippen molar-refractivity contribution in [3.63, 3.8) is 0 Å². The standard InChI is InChI=1S/C15H19N5O5/c1-10(25-14(21)8-20-9-17-18-19-20)15(22)16-7-11-4-5-12(23-2)13(6-11)24-3/h4-6,9-10H,7-8H2,1-3H3,(H,16,22)/t10-/m1/s1. The van der Waals surface area contributed by atoms with Gasteiger partial charge in [0, 0.05) is 6.54 Å². The minimum absolute atomic E-state index is 0.166. The van der Waals surface area contributed by atoms with E-state index >= 15 is 0 Å². The van der Waals surface area contributed by atoms with Gasteiger partial charge in [-0.05, 0) is 35.0 Å². The van der Waals surface area contributed by atoms with E-state index in [9.17, 15) is 9.59 Å². The molecule has 10 nitrogen and oxygen atoms in total. The summed E-state index contributed by atoms with van der Waals surface area (Å²) in [5.74, 6) is 0.138. The van der Waals surface area contributed by atoms with E-state index in [-0.39, 0.29) is 13.1 Å². The molecule has 0 aliphatic carbocycles. The molecule has 0 saturated carbocycles. The molecule has 0 spiro atoms. The van der Waals surface area contributed by atoms with Crippen molar-refractivity contribution in [1.29, 1.82) is 0 Å². The molecule has 0 aliphatic rings. The van der Waals surface area contributed by atoms with Crippen molar-refractivity contribution < 1.29 is 23.8 Å². The molecular weight excluding hydrogens is 330 g/mol. The Labute approximate surface area is 144 Å². The van der Waals surface area contributed by atoms with E-state index in [2.05, 4.69) is 20.8 Å². The second-order valence-corrected chi connectivity index (χ2v) is 5.05. The maximum Gasteiger partial charge on any atom is 0.328 e. The van der Waals surface area contributed by atoms with Crippen molar-refractivity contribution in [3.05, 3.63) is 30.1 Å². The van der Waals surface area contributed by atoms with Crippen LogP contribution in [0, 0.1) is 0 Å². The van der Waals surface area contributed by atoms with Gasteiger partial charge in [-0.2, -0.15) is 0 Å². The molecule has 1 atom stereocenters. The van der Waals surface area contributed by atoms with E-state index in [1.165, 1.54) is 25.0 Å². The number of ether oxygens (including phenoxy) is 3. The molecule has 0 radical (unpaired) electrons. The third-order valence-corrected chi connectivity index (χ3v) is 3.27. The normalized spacial score (nSPS) is 11.5. The molecule has 1 N–H and O–H groups in total. The van der Waals surface area contributed by atoms with Gasteiger partial charge in [-0.25, -0.2) is 4.68 Å². The summed E-state index contributed by atoms with van der Waals surface area (Å²) in [6.45, 7) is 1.58. The summed E-state index contributed by atoms with van der Waals surface area (Å²) < 4.78 is 16.6. The average Bonchev–Trinajstić information content (AvgIpc) is 3.11. The lowest BCUT2D eigenvalue weighted by Crippen LogP contribution is -2.36. The molecule has 0 unspecified atom stereocenters. The highest BCUT2D eigenvalue weighted by molar-refractivity contribution is 5.83. The quantitative estimate of drug-likeness (QED) is 0.659. The number of aromatic nitrogens is 4. The number of tetrazole rings is 1. The molecule has 1 aromatic heterocycles. The number of methoxy groups -OCH3 is 2. The number of esters is 1. The first-order chi connectivity index (χ1) is 12.0. The maximum atomic E-state index is 12.0. The molecule has 0 bridgehead atoms. The summed E-state index contributed by atoms with van der Waals surface area (Å²) in [7, 11) is 3.08. The molecule has 10 heteroatoms. The lowest BCUT2D eigenvalue weighted by Gasteiger charge is -2.14. The van der Waals surface area contributed by atoms with Gasteiger partial charge in [0.15, 0.2) is 17.6 Å². The highest BCUT2D eigenvalue weighted by Gasteiger charge is 2.18. The minimum Gasteiger partial charge on any atom is -0.493 e. The first-order valence-corrected chi connectivity index (χ1v) is 7.42. The van der Waals surface area contributed by atoms with Gasteiger partial charge in [-0.15, -0.1) is 5.10 Å². The monoisotopic (exact) mass is 349 g/mol. The number of hydrogen-bond donors (Lipinski definition) is 1. The van der Waals surface area contributed by atoms with Crippen molar-refractivity contribution in [1.82, 2.24) is 25.5 Å². The summed E-state index contributed by atoms with van der Waals surface area (Å²) in [6, 6.07) is 5.31. The second-order valence-electron chi connectivity index (χ2n) is 5.05. The van der Waals surface area contributed by atoms with E-state index < -0.39 is 18.0 Å².